The van der Waals surface area contributed by atoms with E-state index in [0.717, 1.165) is 5.56 Å². The first-order valence-electron chi connectivity index (χ1n) is 7.58. The van der Waals surface area contributed by atoms with Gasteiger partial charge >= 0.3 is 5.97 Å². The normalized spacial score (nSPS) is 10.3. The summed E-state index contributed by atoms with van der Waals surface area (Å²) < 4.78 is 5.09. The number of aromatic amines is 1. The van der Waals surface area contributed by atoms with Gasteiger partial charge in [0.2, 0.25) is 0 Å². The molecule has 2 N–H and O–H groups in total. The number of Topliss-reactive ketones (excluding diaryl/α,β-unsaturated/α-hetero) is 1. The maximum Gasteiger partial charge on any atom is 0.325 e. The van der Waals surface area contributed by atoms with Crippen molar-refractivity contribution in [3.63, 3.8) is 0 Å². The van der Waals surface area contributed by atoms with E-state index in [0.29, 0.717) is 16.8 Å². The highest BCUT2D eigenvalue weighted by Gasteiger charge is 2.20. The lowest BCUT2D eigenvalue weighted by atomic mass is 10.1. The minimum atomic E-state index is -0.528. The molecule has 0 saturated heterocycles. The average molecular weight is 328 g/mol. The average Bonchev–Trinajstić information content (AvgIpc) is 2.86. The van der Waals surface area contributed by atoms with E-state index in [-0.39, 0.29) is 24.6 Å². The summed E-state index contributed by atoms with van der Waals surface area (Å²) in [4.78, 5) is 38.4. The number of amides is 1. The number of H-pyrrole nitrogens is 1. The van der Waals surface area contributed by atoms with Gasteiger partial charge in [-0.3, -0.25) is 14.4 Å². The van der Waals surface area contributed by atoms with Crippen LogP contribution in [0.25, 0.3) is 0 Å². The van der Waals surface area contributed by atoms with Gasteiger partial charge in [0.1, 0.15) is 18.8 Å². The number of nitrogens with one attached hydrogen (secondary N) is 2. The molecule has 6 heteroatoms. The van der Waals surface area contributed by atoms with Crippen molar-refractivity contribution in [1.29, 1.82) is 0 Å². The summed E-state index contributed by atoms with van der Waals surface area (Å²) in [5.74, 6) is -1.08. The predicted molar refractivity (Wildman–Crippen MR) is 88.8 cm³/mol. The first-order chi connectivity index (χ1) is 11.4. The molecule has 0 aliphatic carbocycles. The minimum absolute atomic E-state index is 0.109. The van der Waals surface area contributed by atoms with Crippen LogP contribution in [0.2, 0.25) is 0 Å². The van der Waals surface area contributed by atoms with Crippen molar-refractivity contribution in [2.24, 2.45) is 0 Å². The van der Waals surface area contributed by atoms with Crippen molar-refractivity contribution in [2.45, 2.75) is 27.4 Å². The predicted octanol–water partition coefficient (Wildman–Crippen LogP) is 2.31. The molecule has 1 aromatic heterocycles. The summed E-state index contributed by atoms with van der Waals surface area (Å²) in [5.41, 5.74) is 2.88. The number of esters is 1. The van der Waals surface area contributed by atoms with Crippen molar-refractivity contribution < 1.29 is 19.1 Å². The summed E-state index contributed by atoms with van der Waals surface area (Å²) in [7, 11) is 0. The largest absolute Gasteiger partial charge is 0.460 e. The molecular weight excluding hydrogens is 308 g/mol. The molecule has 126 valence electrons. The number of ether oxygens (including phenoxy) is 1. The fraction of sp³-hybridized carbons (Fsp3) is 0.278. The summed E-state index contributed by atoms with van der Waals surface area (Å²) in [5, 5.41) is 2.50. The van der Waals surface area contributed by atoms with Crippen LogP contribution >= 0.6 is 0 Å². The fourth-order valence-corrected chi connectivity index (χ4v) is 2.54. The third-order valence-corrected chi connectivity index (χ3v) is 3.65. The molecule has 0 atom stereocenters. The Bertz CT molecular complexity index is 763. The summed E-state index contributed by atoms with van der Waals surface area (Å²) >= 11 is 0. The number of carbonyl (C=O) groups excluding carboxylic acids is 3. The SMILES string of the molecule is CC(=O)c1c(C)[nH]c(C(=O)NCC(=O)OCc2ccccc2)c1C. The molecule has 1 heterocycles. The van der Waals surface area contributed by atoms with Crippen molar-refractivity contribution in [1.82, 2.24) is 10.3 Å². The molecular formula is C18H20N2O4. The highest BCUT2D eigenvalue weighted by molar-refractivity contribution is 6.03. The third-order valence-electron chi connectivity index (χ3n) is 3.65. The molecule has 2 aromatic rings. The van der Waals surface area contributed by atoms with E-state index in [9.17, 15) is 14.4 Å². The monoisotopic (exact) mass is 328 g/mol. The Morgan fingerprint density at radius 1 is 1.12 bits per heavy atom. The van der Waals surface area contributed by atoms with Crippen LogP contribution in [-0.4, -0.2) is 29.2 Å². The number of carbonyl (C=O) groups is 3. The molecule has 6 nitrogen and oxygen atoms in total. The van der Waals surface area contributed by atoms with Gasteiger partial charge in [-0.05, 0) is 31.9 Å². The fourth-order valence-electron chi connectivity index (χ4n) is 2.54. The van der Waals surface area contributed by atoms with E-state index in [1.807, 2.05) is 30.3 Å². The van der Waals surface area contributed by atoms with Crippen molar-refractivity contribution in [3.8, 4) is 0 Å². The maximum absolute atomic E-state index is 12.2. The molecule has 0 spiro atoms. The maximum atomic E-state index is 12.2. The topological polar surface area (TPSA) is 88.3 Å². The highest BCUT2D eigenvalue weighted by atomic mass is 16.5. The summed E-state index contributed by atoms with van der Waals surface area (Å²) in [6.07, 6.45) is 0. The third kappa shape index (κ3) is 4.10. The van der Waals surface area contributed by atoms with Gasteiger partial charge in [0.15, 0.2) is 5.78 Å². The molecule has 0 unspecified atom stereocenters. The van der Waals surface area contributed by atoms with Gasteiger partial charge in [0.05, 0.1) is 0 Å². The number of hydrogen-bond acceptors (Lipinski definition) is 4. The zero-order valence-corrected chi connectivity index (χ0v) is 13.9. The lowest BCUT2D eigenvalue weighted by molar-refractivity contribution is -0.143. The van der Waals surface area contributed by atoms with Crippen LogP contribution in [0.1, 0.15) is 44.6 Å². The zero-order valence-electron chi connectivity index (χ0n) is 13.9. The van der Waals surface area contributed by atoms with Crippen LogP contribution in [-0.2, 0) is 16.1 Å². The quantitative estimate of drug-likeness (QED) is 0.629. The molecule has 0 aliphatic rings. The Morgan fingerprint density at radius 3 is 2.38 bits per heavy atom. The number of ketones is 1. The number of benzene rings is 1. The van der Waals surface area contributed by atoms with Crippen molar-refractivity contribution in [3.05, 3.63) is 58.4 Å². The minimum Gasteiger partial charge on any atom is -0.460 e. The number of aryl methyl sites for hydroxylation is 1. The second kappa shape index (κ2) is 7.59. The van der Waals surface area contributed by atoms with E-state index in [2.05, 4.69) is 10.3 Å². The number of hydrogen-bond donors (Lipinski definition) is 2. The molecule has 0 saturated carbocycles. The highest BCUT2D eigenvalue weighted by Crippen LogP contribution is 2.18. The van der Waals surface area contributed by atoms with Gasteiger partial charge < -0.3 is 15.0 Å². The van der Waals surface area contributed by atoms with Crippen LogP contribution in [0.4, 0.5) is 0 Å². The summed E-state index contributed by atoms with van der Waals surface area (Å²) in [6.45, 7) is 4.80. The zero-order chi connectivity index (χ0) is 17.7. The van der Waals surface area contributed by atoms with E-state index >= 15 is 0 Å². The first kappa shape index (κ1) is 17.5. The molecule has 0 fully saturated rings. The Balaban J connectivity index is 1.90. The Labute approximate surface area is 140 Å². The molecule has 0 radical (unpaired) electrons. The second-order valence-corrected chi connectivity index (χ2v) is 5.51. The Morgan fingerprint density at radius 2 is 1.79 bits per heavy atom. The van der Waals surface area contributed by atoms with Gasteiger partial charge in [-0.25, -0.2) is 0 Å². The van der Waals surface area contributed by atoms with E-state index in [4.69, 9.17) is 4.74 Å². The Hall–Kier alpha value is -2.89. The number of aromatic nitrogens is 1. The molecule has 0 aliphatic heterocycles. The van der Waals surface area contributed by atoms with Gasteiger partial charge in [0.25, 0.3) is 5.91 Å². The van der Waals surface area contributed by atoms with Crippen LogP contribution in [0, 0.1) is 13.8 Å². The standard InChI is InChI=1S/C18H20N2O4/c1-11-16(13(3)21)12(2)20-17(11)18(23)19-9-15(22)24-10-14-7-5-4-6-8-14/h4-8,20H,9-10H2,1-3H3,(H,19,23). The van der Waals surface area contributed by atoms with Crippen molar-refractivity contribution >= 4 is 17.7 Å². The van der Waals surface area contributed by atoms with E-state index < -0.39 is 11.9 Å². The van der Waals surface area contributed by atoms with Crippen LogP contribution in [0.5, 0.6) is 0 Å². The molecule has 0 bridgehead atoms. The number of rotatable bonds is 6. The van der Waals surface area contributed by atoms with Gasteiger partial charge in [0, 0.05) is 11.3 Å². The van der Waals surface area contributed by atoms with E-state index in [1.165, 1.54) is 6.92 Å². The second-order valence-electron chi connectivity index (χ2n) is 5.51. The van der Waals surface area contributed by atoms with Crippen LogP contribution < -0.4 is 5.32 Å². The van der Waals surface area contributed by atoms with Crippen LogP contribution in [0.3, 0.4) is 0 Å². The van der Waals surface area contributed by atoms with Gasteiger partial charge in [-0.15, -0.1) is 0 Å². The van der Waals surface area contributed by atoms with Crippen molar-refractivity contribution in [2.75, 3.05) is 6.54 Å². The lowest BCUT2D eigenvalue weighted by Crippen LogP contribution is -2.31. The molecule has 1 aromatic carbocycles. The first-order valence-corrected chi connectivity index (χ1v) is 7.58. The van der Waals surface area contributed by atoms with E-state index in [1.54, 1.807) is 13.8 Å². The summed E-state index contributed by atoms with van der Waals surface area (Å²) in [6, 6.07) is 9.28. The smallest absolute Gasteiger partial charge is 0.325 e. The van der Waals surface area contributed by atoms with Gasteiger partial charge in [-0.2, -0.15) is 0 Å². The van der Waals surface area contributed by atoms with Crippen LogP contribution in [0.15, 0.2) is 30.3 Å². The lowest BCUT2D eigenvalue weighted by Gasteiger charge is -2.06. The molecule has 2 rings (SSSR count). The Kier molecular flexibility index (Phi) is 5.52. The van der Waals surface area contributed by atoms with Gasteiger partial charge in [-0.1, -0.05) is 30.3 Å². The molecule has 24 heavy (non-hydrogen) atoms. The molecule has 1 amide bonds.